The predicted molar refractivity (Wildman–Crippen MR) is 136 cm³/mol. The van der Waals surface area contributed by atoms with Crippen molar-refractivity contribution in [3.63, 3.8) is 0 Å². The molecule has 0 spiro atoms. The fraction of sp³-hybridized carbons (Fsp3) is 0.643. The van der Waals surface area contributed by atoms with Gasteiger partial charge in [-0.05, 0) is 62.8 Å². The smallest absolute Gasteiger partial charge is 0.292 e. The van der Waals surface area contributed by atoms with E-state index in [1.165, 1.54) is 45.3 Å². The average molecular weight is 497 g/mol. The number of anilines is 2. The van der Waals surface area contributed by atoms with Crippen LogP contribution in [0.25, 0.3) is 0 Å². The predicted octanol–water partition coefficient (Wildman–Crippen LogP) is 0.360. The van der Waals surface area contributed by atoms with Crippen molar-refractivity contribution in [3.05, 3.63) is 24.3 Å². The molecule has 194 valence electrons. The molecule has 2 aliphatic carbocycles. The zero-order chi connectivity index (χ0) is 25.4. The number of hydrogen-bond donors (Lipinski definition) is 2. The van der Waals surface area contributed by atoms with Crippen LogP contribution in [0.2, 0.25) is 0 Å². The summed E-state index contributed by atoms with van der Waals surface area (Å²) in [5, 5.41) is 0. The highest BCUT2D eigenvalue weighted by molar-refractivity contribution is 6.23. The van der Waals surface area contributed by atoms with Gasteiger partial charge in [-0.15, -0.1) is 0 Å². The molecule has 5 rings (SSSR count). The molecule has 0 radical (unpaired) electrons. The van der Waals surface area contributed by atoms with Gasteiger partial charge in [0.05, 0.1) is 50.4 Å². The minimum Gasteiger partial charge on any atom is -0.324 e. The van der Waals surface area contributed by atoms with Gasteiger partial charge in [0.15, 0.2) is 12.1 Å². The van der Waals surface area contributed by atoms with Crippen molar-refractivity contribution >= 4 is 35.0 Å². The summed E-state index contributed by atoms with van der Waals surface area (Å²) in [6.07, 6.45) is 7.33. The molecule has 2 saturated carbocycles. The largest absolute Gasteiger partial charge is 0.324 e. The van der Waals surface area contributed by atoms with Crippen molar-refractivity contribution < 1.29 is 29.0 Å². The molecule has 0 aromatic heterocycles. The van der Waals surface area contributed by atoms with E-state index in [1.54, 1.807) is 24.3 Å². The summed E-state index contributed by atoms with van der Waals surface area (Å²) in [6, 6.07) is 6.15. The molecule has 8 heteroatoms. The van der Waals surface area contributed by atoms with E-state index in [0.29, 0.717) is 23.2 Å². The molecule has 0 bridgehead atoms. The van der Waals surface area contributed by atoms with Crippen molar-refractivity contribution in [2.45, 2.75) is 77.3 Å². The van der Waals surface area contributed by atoms with Crippen LogP contribution >= 0.6 is 0 Å². The van der Waals surface area contributed by atoms with Crippen LogP contribution in [-0.4, -0.2) is 61.9 Å². The molecule has 4 aliphatic rings. The first-order chi connectivity index (χ1) is 17.4. The maximum absolute atomic E-state index is 13.3. The topological polar surface area (TPSA) is 83.6 Å². The zero-order valence-corrected chi connectivity index (χ0v) is 21.6. The van der Waals surface area contributed by atoms with E-state index in [-0.39, 0.29) is 48.6 Å². The lowest BCUT2D eigenvalue weighted by molar-refractivity contribution is -0.916. The minimum absolute atomic E-state index is 0.135. The van der Waals surface area contributed by atoms with Gasteiger partial charge in [-0.25, -0.2) is 9.80 Å². The van der Waals surface area contributed by atoms with Gasteiger partial charge < -0.3 is 9.80 Å². The fourth-order valence-electron chi connectivity index (χ4n) is 6.06. The highest BCUT2D eigenvalue weighted by atomic mass is 16.2. The van der Waals surface area contributed by atoms with Crippen molar-refractivity contribution in [3.8, 4) is 0 Å². The second-order valence-corrected chi connectivity index (χ2v) is 11.3. The van der Waals surface area contributed by atoms with Crippen molar-refractivity contribution in [1.29, 1.82) is 0 Å². The molecule has 4 atom stereocenters. The second-order valence-electron chi connectivity index (χ2n) is 11.3. The number of imide groups is 2. The quantitative estimate of drug-likeness (QED) is 0.410. The monoisotopic (exact) mass is 496 g/mol. The minimum atomic E-state index is -0.320. The van der Waals surface area contributed by atoms with Crippen LogP contribution in [0.1, 0.15) is 65.2 Å². The molecule has 2 heterocycles. The van der Waals surface area contributed by atoms with Gasteiger partial charge in [-0.2, -0.15) is 0 Å². The lowest BCUT2D eigenvalue weighted by Gasteiger charge is -2.24. The summed E-state index contributed by atoms with van der Waals surface area (Å²) < 4.78 is 0. The van der Waals surface area contributed by atoms with E-state index >= 15 is 0 Å². The highest BCUT2D eigenvalue weighted by Crippen LogP contribution is 2.30. The summed E-state index contributed by atoms with van der Waals surface area (Å²) in [5.74, 6) is 0.750. The van der Waals surface area contributed by atoms with Gasteiger partial charge in [0.2, 0.25) is 11.8 Å². The maximum atomic E-state index is 13.3. The molecule has 2 saturated heterocycles. The molecule has 2 unspecified atom stereocenters. The van der Waals surface area contributed by atoms with E-state index < -0.39 is 0 Å². The number of nitrogens with one attached hydrogen (secondary N) is 2. The van der Waals surface area contributed by atoms with Crippen LogP contribution in [0.5, 0.6) is 0 Å². The number of carbonyl (C=O) groups excluding carboxylic acids is 4. The number of hydrogen-bond acceptors (Lipinski definition) is 4. The maximum Gasteiger partial charge on any atom is 0.292 e. The molecule has 4 amide bonds. The Hall–Kier alpha value is -2.58. The third-order valence-electron chi connectivity index (χ3n) is 8.28. The summed E-state index contributed by atoms with van der Waals surface area (Å²) >= 11 is 0. The number of rotatable bonds is 12. The van der Waals surface area contributed by atoms with E-state index in [2.05, 4.69) is 13.8 Å². The lowest BCUT2D eigenvalue weighted by Crippen LogP contribution is -3.17. The van der Waals surface area contributed by atoms with Crippen LogP contribution < -0.4 is 19.6 Å². The summed E-state index contributed by atoms with van der Waals surface area (Å²) in [7, 11) is 0. The van der Waals surface area contributed by atoms with Gasteiger partial charge in [0.25, 0.3) is 11.8 Å². The third kappa shape index (κ3) is 5.11. The Balaban J connectivity index is 1.29. The molecule has 8 nitrogen and oxygen atoms in total. The molecule has 1 aromatic rings. The zero-order valence-electron chi connectivity index (χ0n) is 21.6. The summed E-state index contributed by atoms with van der Waals surface area (Å²) in [4.78, 5) is 57.5. The van der Waals surface area contributed by atoms with Crippen molar-refractivity contribution in [1.82, 2.24) is 0 Å². The van der Waals surface area contributed by atoms with Gasteiger partial charge in [0.1, 0.15) is 0 Å². The fourth-order valence-corrected chi connectivity index (χ4v) is 6.06. The number of amides is 4. The molecule has 1 aromatic carbocycles. The standard InChI is InChI=1S/C28H38N4O4/c1-3-13-29(17-19-5-6-19)23-15-25(33)31(27(23)35)21-9-11-22(12-10-21)32-26(34)16-24(28(32)36)30(14-4-2)18-20-7-8-20/h9-12,19-20,23-24H,3-8,13-18H2,1-2H3/p+2/t23-,24+. The summed E-state index contributed by atoms with van der Waals surface area (Å²) in [6.45, 7) is 7.94. The normalized spacial score (nSPS) is 26.3. The Morgan fingerprint density at radius 3 is 1.33 bits per heavy atom. The molecule has 2 N–H and O–H groups in total. The number of nitrogens with zero attached hydrogens (tertiary/aromatic N) is 2. The molecule has 4 fully saturated rings. The first-order valence-corrected chi connectivity index (χ1v) is 13.9. The Morgan fingerprint density at radius 1 is 0.667 bits per heavy atom. The third-order valence-corrected chi connectivity index (χ3v) is 8.28. The van der Waals surface area contributed by atoms with Crippen LogP contribution in [-0.2, 0) is 19.2 Å². The highest BCUT2D eigenvalue weighted by Gasteiger charge is 2.48. The molecule has 2 aliphatic heterocycles. The first kappa shape index (κ1) is 25.1. The summed E-state index contributed by atoms with van der Waals surface area (Å²) in [5.41, 5.74) is 1.03. The van der Waals surface area contributed by atoms with Gasteiger partial charge in [-0.3, -0.25) is 19.2 Å². The van der Waals surface area contributed by atoms with Crippen molar-refractivity contribution in [2.75, 3.05) is 36.0 Å². The van der Waals surface area contributed by atoms with Gasteiger partial charge >= 0.3 is 0 Å². The van der Waals surface area contributed by atoms with E-state index in [1.807, 2.05) is 0 Å². The SMILES string of the molecule is CCC[NH+](CC1CC1)[C@@H]1CC(=O)N(c2ccc(N3C(=O)C[C@H]([NH+](CCC)CC4CC4)C3=O)cc2)C1=O. The van der Waals surface area contributed by atoms with Crippen LogP contribution in [0.3, 0.4) is 0 Å². The Morgan fingerprint density at radius 2 is 1.03 bits per heavy atom. The Bertz CT molecular complexity index is 936. The van der Waals surface area contributed by atoms with Crippen molar-refractivity contribution in [2.24, 2.45) is 11.8 Å². The van der Waals surface area contributed by atoms with E-state index in [0.717, 1.165) is 39.0 Å². The first-order valence-electron chi connectivity index (χ1n) is 13.9. The molecule has 36 heavy (non-hydrogen) atoms. The van der Waals surface area contributed by atoms with E-state index in [9.17, 15) is 19.2 Å². The van der Waals surface area contributed by atoms with E-state index in [4.69, 9.17) is 0 Å². The number of quaternary nitrogens is 2. The van der Waals surface area contributed by atoms with Crippen LogP contribution in [0.4, 0.5) is 11.4 Å². The molecular weight excluding hydrogens is 456 g/mol. The average Bonchev–Trinajstić information content (AvgIpc) is 3.78. The number of carbonyl (C=O) groups is 4. The molecular formula is C28H40N4O4+2. The Kier molecular flexibility index (Phi) is 7.26. The van der Waals surface area contributed by atoms with Gasteiger partial charge in [0, 0.05) is 11.8 Å². The van der Waals surface area contributed by atoms with Crippen LogP contribution in [0, 0.1) is 11.8 Å². The van der Waals surface area contributed by atoms with Crippen LogP contribution in [0.15, 0.2) is 24.3 Å². The Labute approximate surface area is 213 Å². The second kappa shape index (κ2) is 10.4. The van der Waals surface area contributed by atoms with Gasteiger partial charge in [-0.1, -0.05) is 13.8 Å². The lowest BCUT2D eigenvalue weighted by atomic mass is 10.1. The number of benzene rings is 1.